The fourth-order valence-corrected chi connectivity index (χ4v) is 3.88. The molecule has 0 bridgehead atoms. The smallest absolute Gasteiger partial charge is 0.325 e. The lowest BCUT2D eigenvalue weighted by Gasteiger charge is -2.37. The van der Waals surface area contributed by atoms with Crippen molar-refractivity contribution in [2.24, 2.45) is 0 Å². The van der Waals surface area contributed by atoms with E-state index in [9.17, 15) is 4.79 Å². The summed E-state index contributed by atoms with van der Waals surface area (Å²) in [6.45, 7) is 7.07. The van der Waals surface area contributed by atoms with Crippen molar-refractivity contribution in [2.75, 3.05) is 37.6 Å². The third kappa shape index (κ3) is 3.75. The van der Waals surface area contributed by atoms with Gasteiger partial charge >= 0.3 is 6.03 Å². The summed E-state index contributed by atoms with van der Waals surface area (Å²) in [6.07, 6.45) is 1.14. The van der Waals surface area contributed by atoms with Crippen LogP contribution in [0.3, 0.4) is 0 Å². The quantitative estimate of drug-likeness (QED) is 0.757. The maximum Gasteiger partial charge on any atom is 0.325 e. The maximum atomic E-state index is 13.4. The fraction of sp³-hybridized carbons (Fsp3) is 0.381. The number of anilines is 1. The van der Waals surface area contributed by atoms with Gasteiger partial charge in [-0.2, -0.15) is 0 Å². The number of rotatable bonds is 2. The molecule has 2 aromatic rings. The van der Waals surface area contributed by atoms with E-state index in [1.165, 1.54) is 0 Å². The lowest BCUT2D eigenvalue weighted by atomic mass is 10.2. The van der Waals surface area contributed by atoms with Gasteiger partial charge in [-0.3, -0.25) is 9.80 Å². The van der Waals surface area contributed by atoms with Crippen molar-refractivity contribution in [3.05, 3.63) is 53.1 Å². The minimum atomic E-state index is 0.00923. The van der Waals surface area contributed by atoms with Gasteiger partial charge in [0.25, 0.3) is 0 Å². The molecular formula is C21H24ClN3O2. The average molecular weight is 386 g/mol. The Balaban J connectivity index is 1.63. The van der Waals surface area contributed by atoms with Crippen molar-refractivity contribution in [1.29, 1.82) is 0 Å². The summed E-state index contributed by atoms with van der Waals surface area (Å²) in [7, 11) is 0. The van der Waals surface area contributed by atoms with E-state index in [4.69, 9.17) is 16.3 Å². The zero-order valence-corrected chi connectivity index (χ0v) is 16.3. The second kappa shape index (κ2) is 7.79. The number of carbonyl (C=O) groups excluding carboxylic acids is 1. The predicted molar refractivity (Wildman–Crippen MR) is 108 cm³/mol. The topological polar surface area (TPSA) is 36.0 Å². The Morgan fingerprint density at radius 3 is 2.63 bits per heavy atom. The number of hydrogen-bond donors (Lipinski definition) is 0. The first kappa shape index (κ1) is 18.1. The van der Waals surface area contributed by atoms with Gasteiger partial charge in [0.1, 0.15) is 5.75 Å². The van der Waals surface area contributed by atoms with E-state index in [0.29, 0.717) is 17.3 Å². The predicted octanol–water partition coefficient (Wildman–Crippen LogP) is 4.60. The maximum absolute atomic E-state index is 13.4. The molecule has 2 aliphatic rings. The van der Waals surface area contributed by atoms with Gasteiger partial charge in [-0.15, -0.1) is 0 Å². The molecule has 27 heavy (non-hydrogen) atoms. The van der Waals surface area contributed by atoms with Crippen LogP contribution in [0.25, 0.3) is 0 Å². The van der Waals surface area contributed by atoms with E-state index in [-0.39, 0.29) is 6.03 Å². The van der Waals surface area contributed by atoms with Crippen molar-refractivity contribution in [1.82, 2.24) is 9.80 Å². The van der Waals surface area contributed by atoms with Crippen LogP contribution >= 0.6 is 11.6 Å². The molecule has 2 aromatic carbocycles. The number of hydrogen-bond acceptors (Lipinski definition) is 3. The van der Waals surface area contributed by atoms with Crippen LogP contribution in [0.2, 0.25) is 5.02 Å². The Morgan fingerprint density at radius 2 is 1.85 bits per heavy atom. The second-order valence-corrected chi connectivity index (χ2v) is 7.46. The SMILES string of the molecule is CCCN1CCN(C(=O)N2Cc3ccccc3Oc3ccc(Cl)cc32)CC1. The number of ether oxygens (including phenoxy) is 1. The molecule has 0 aliphatic carbocycles. The molecule has 2 aliphatic heterocycles. The van der Waals surface area contributed by atoms with Gasteiger partial charge < -0.3 is 9.64 Å². The summed E-state index contributed by atoms with van der Waals surface area (Å²) in [5, 5.41) is 0.592. The standard InChI is InChI=1S/C21H24ClN3O2/c1-2-9-23-10-12-24(13-11-23)21(26)25-15-16-5-3-4-6-19(16)27-20-8-7-17(22)14-18(20)25/h3-8,14H,2,9-13,15H2,1H3. The molecule has 6 heteroatoms. The highest BCUT2D eigenvalue weighted by molar-refractivity contribution is 6.31. The molecule has 2 amide bonds. The van der Waals surface area contributed by atoms with E-state index >= 15 is 0 Å². The molecule has 142 valence electrons. The highest BCUT2D eigenvalue weighted by Gasteiger charge is 2.30. The molecule has 5 nitrogen and oxygen atoms in total. The molecule has 0 atom stereocenters. The zero-order valence-electron chi connectivity index (χ0n) is 15.5. The molecule has 0 spiro atoms. The van der Waals surface area contributed by atoms with E-state index in [1.54, 1.807) is 11.0 Å². The first-order chi connectivity index (χ1) is 13.2. The lowest BCUT2D eigenvalue weighted by Crippen LogP contribution is -2.52. The van der Waals surface area contributed by atoms with Crippen molar-refractivity contribution in [2.45, 2.75) is 19.9 Å². The molecule has 0 N–H and O–H groups in total. The van der Waals surface area contributed by atoms with Gasteiger partial charge in [-0.1, -0.05) is 36.7 Å². The second-order valence-electron chi connectivity index (χ2n) is 7.02. The van der Waals surface area contributed by atoms with Crippen LogP contribution < -0.4 is 9.64 Å². The Kier molecular flexibility index (Phi) is 5.23. The molecule has 0 aromatic heterocycles. The summed E-state index contributed by atoms with van der Waals surface area (Å²) in [4.78, 5) is 19.5. The van der Waals surface area contributed by atoms with Crippen LogP contribution in [0.4, 0.5) is 10.5 Å². The van der Waals surface area contributed by atoms with Gasteiger partial charge in [-0.05, 0) is 37.2 Å². The summed E-state index contributed by atoms with van der Waals surface area (Å²) in [6, 6.07) is 13.3. The Labute approximate surface area is 165 Å². The van der Waals surface area contributed by atoms with Crippen LogP contribution in [0.5, 0.6) is 11.5 Å². The summed E-state index contributed by atoms with van der Waals surface area (Å²) in [5.74, 6) is 1.44. The summed E-state index contributed by atoms with van der Waals surface area (Å²) >= 11 is 6.24. The Bertz CT molecular complexity index is 834. The van der Waals surface area contributed by atoms with Gasteiger partial charge in [0.15, 0.2) is 5.75 Å². The Hall–Kier alpha value is -2.24. The number of benzene rings is 2. The van der Waals surface area contributed by atoms with Crippen molar-refractivity contribution >= 4 is 23.3 Å². The first-order valence-corrected chi connectivity index (χ1v) is 9.87. The highest BCUT2D eigenvalue weighted by Crippen LogP contribution is 2.40. The first-order valence-electron chi connectivity index (χ1n) is 9.50. The molecular weight excluding hydrogens is 362 g/mol. The zero-order chi connectivity index (χ0) is 18.8. The number of urea groups is 1. The van der Waals surface area contributed by atoms with E-state index in [0.717, 1.165) is 56.1 Å². The number of amides is 2. The fourth-order valence-electron chi connectivity index (χ4n) is 3.72. The summed E-state index contributed by atoms with van der Waals surface area (Å²) < 4.78 is 6.09. The van der Waals surface area contributed by atoms with Crippen molar-refractivity contribution in [3.8, 4) is 11.5 Å². The largest absolute Gasteiger partial charge is 0.455 e. The average Bonchev–Trinajstić information content (AvgIpc) is 2.85. The number of fused-ring (bicyclic) bond motifs is 2. The molecule has 0 radical (unpaired) electrons. The molecule has 0 unspecified atom stereocenters. The minimum absolute atomic E-state index is 0.00923. The number of carbonyl (C=O) groups is 1. The van der Waals surface area contributed by atoms with Crippen LogP contribution in [-0.2, 0) is 6.54 Å². The lowest BCUT2D eigenvalue weighted by molar-refractivity contribution is 0.143. The minimum Gasteiger partial charge on any atom is -0.455 e. The normalized spacial score (nSPS) is 17.0. The molecule has 2 heterocycles. The number of nitrogens with zero attached hydrogens (tertiary/aromatic N) is 3. The van der Waals surface area contributed by atoms with Crippen LogP contribution in [0.15, 0.2) is 42.5 Å². The Morgan fingerprint density at radius 1 is 1.07 bits per heavy atom. The van der Waals surface area contributed by atoms with Gasteiger partial charge in [-0.25, -0.2) is 4.79 Å². The van der Waals surface area contributed by atoms with Crippen LogP contribution in [-0.4, -0.2) is 48.6 Å². The van der Waals surface area contributed by atoms with E-state index < -0.39 is 0 Å². The molecule has 1 saturated heterocycles. The highest BCUT2D eigenvalue weighted by atomic mass is 35.5. The van der Waals surface area contributed by atoms with Gasteiger partial charge in [0.05, 0.1) is 12.2 Å². The van der Waals surface area contributed by atoms with Crippen LogP contribution in [0, 0.1) is 0 Å². The number of halogens is 1. The van der Waals surface area contributed by atoms with Crippen molar-refractivity contribution < 1.29 is 9.53 Å². The van der Waals surface area contributed by atoms with Crippen molar-refractivity contribution in [3.63, 3.8) is 0 Å². The monoisotopic (exact) mass is 385 g/mol. The van der Waals surface area contributed by atoms with E-state index in [2.05, 4.69) is 11.8 Å². The third-order valence-electron chi connectivity index (χ3n) is 5.15. The molecule has 0 saturated carbocycles. The number of piperazine rings is 1. The third-order valence-corrected chi connectivity index (χ3v) is 5.38. The van der Waals surface area contributed by atoms with Gasteiger partial charge in [0, 0.05) is 36.8 Å². The van der Waals surface area contributed by atoms with E-state index in [1.807, 2.05) is 41.3 Å². The molecule has 1 fully saturated rings. The molecule has 4 rings (SSSR count). The van der Waals surface area contributed by atoms with Crippen LogP contribution in [0.1, 0.15) is 18.9 Å². The van der Waals surface area contributed by atoms with Gasteiger partial charge in [0.2, 0.25) is 0 Å². The number of para-hydroxylation sites is 1. The summed E-state index contributed by atoms with van der Waals surface area (Å²) in [5.41, 5.74) is 1.71.